The first kappa shape index (κ1) is 23.3. The first-order valence-electron chi connectivity index (χ1n) is 9.73. The molecule has 0 aliphatic carbocycles. The summed E-state index contributed by atoms with van der Waals surface area (Å²) in [7, 11) is 1.77. The molecule has 3 amide bonds. The van der Waals surface area contributed by atoms with Crippen LogP contribution in [-0.2, 0) is 14.8 Å². The lowest BCUT2D eigenvalue weighted by atomic mass is 10.2. The summed E-state index contributed by atoms with van der Waals surface area (Å²) in [6, 6.07) is 9.22. The van der Waals surface area contributed by atoms with Crippen molar-refractivity contribution in [1.29, 1.82) is 0 Å². The van der Waals surface area contributed by atoms with E-state index in [1.165, 1.54) is 52.8 Å². The summed E-state index contributed by atoms with van der Waals surface area (Å²) in [5.74, 6) is 0.597. The zero-order valence-corrected chi connectivity index (χ0v) is 20.3. The van der Waals surface area contributed by atoms with Crippen molar-refractivity contribution in [2.45, 2.75) is 23.1 Å². The van der Waals surface area contributed by atoms with Crippen LogP contribution in [0.1, 0.15) is 5.56 Å². The van der Waals surface area contributed by atoms with Crippen LogP contribution >= 0.6 is 21.6 Å². The molecule has 2 aliphatic rings. The van der Waals surface area contributed by atoms with Gasteiger partial charge < -0.3 is 14.8 Å². The quantitative estimate of drug-likeness (QED) is 0.574. The van der Waals surface area contributed by atoms with Gasteiger partial charge >= 0.3 is 6.03 Å². The summed E-state index contributed by atoms with van der Waals surface area (Å²) in [4.78, 5) is 27.4. The van der Waals surface area contributed by atoms with E-state index in [1.54, 1.807) is 30.3 Å². The highest BCUT2D eigenvalue weighted by molar-refractivity contribution is 8.78. The predicted molar refractivity (Wildman–Crippen MR) is 128 cm³/mol. The van der Waals surface area contributed by atoms with Crippen molar-refractivity contribution in [3.05, 3.63) is 59.1 Å². The van der Waals surface area contributed by atoms with E-state index < -0.39 is 28.0 Å². The van der Waals surface area contributed by atoms with Crippen LogP contribution in [0, 0.1) is 6.92 Å². The molecule has 0 radical (unpaired) electrons. The summed E-state index contributed by atoms with van der Waals surface area (Å²) in [5.41, 5.74) is 2.07. The number of nitrogens with zero attached hydrogens (tertiary/aromatic N) is 1. The van der Waals surface area contributed by atoms with E-state index in [0.29, 0.717) is 22.9 Å². The molecule has 2 heterocycles. The fraction of sp³-hybridized carbons (Fsp3) is 0.238. The zero-order chi connectivity index (χ0) is 23.8. The Bertz CT molecular complexity index is 1230. The molecule has 33 heavy (non-hydrogen) atoms. The number of methoxy groups -OCH3 is 2. The van der Waals surface area contributed by atoms with Gasteiger partial charge in [0.1, 0.15) is 17.5 Å². The van der Waals surface area contributed by atoms with E-state index in [2.05, 4.69) is 5.32 Å². The molecule has 2 N–H and O–H groups in total. The van der Waals surface area contributed by atoms with Crippen molar-refractivity contribution in [3.63, 3.8) is 0 Å². The lowest BCUT2D eigenvalue weighted by Gasteiger charge is -2.21. The molecule has 2 aromatic rings. The SMILES string of the molecule is COc1ccc(N2C(=O)C(NC(=O)NS(=O)(=O)c3ccc(C)cc3)C3SSC=C32)c(OC)c1. The van der Waals surface area contributed by atoms with Gasteiger partial charge in [0.25, 0.3) is 15.9 Å². The van der Waals surface area contributed by atoms with E-state index >= 15 is 0 Å². The number of amides is 3. The van der Waals surface area contributed by atoms with Crippen LogP contribution in [0.15, 0.2) is 58.5 Å². The fourth-order valence-electron chi connectivity index (χ4n) is 3.49. The molecule has 4 rings (SSSR count). The van der Waals surface area contributed by atoms with E-state index in [4.69, 9.17) is 9.47 Å². The Morgan fingerprint density at radius 1 is 1.09 bits per heavy atom. The van der Waals surface area contributed by atoms with Crippen LogP contribution in [-0.4, -0.2) is 45.9 Å². The Balaban J connectivity index is 1.56. The molecule has 9 nitrogen and oxygen atoms in total. The number of rotatable bonds is 6. The van der Waals surface area contributed by atoms with Gasteiger partial charge in [-0.25, -0.2) is 17.9 Å². The number of benzene rings is 2. The maximum atomic E-state index is 13.3. The van der Waals surface area contributed by atoms with Crippen molar-refractivity contribution in [3.8, 4) is 11.5 Å². The fourth-order valence-corrected chi connectivity index (χ4v) is 7.03. The second kappa shape index (κ2) is 9.20. The van der Waals surface area contributed by atoms with Gasteiger partial charge in [-0.05, 0) is 31.2 Å². The molecule has 2 aromatic carbocycles. The third-order valence-electron chi connectivity index (χ3n) is 5.14. The maximum absolute atomic E-state index is 13.3. The molecule has 1 saturated heterocycles. The molecule has 2 aliphatic heterocycles. The molecule has 0 bridgehead atoms. The molecule has 12 heteroatoms. The number of carbonyl (C=O) groups excluding carboxylic acids is 2. The van der Waals surface area contributed by atoms with E-state index in [-0.39, 0.29) is 10.1 Å². The number of hydrogen-bond donors (Lipinski definition) is 2. The number of nitrogens with one attached hydrogen (secondary N) is 2. The van der Waals surface area contributed by atoms with Gasteiger partial charge in [0, 0.05) is 17.2 Å². The molecular formula is C21H21N3O6S3. The number of hydrogen-bond acceptors (Lipinski definition) is 8. The lowest BCUT2D eigenvalue weighted by Crippen LogP contribution is -2.50. The molecular weight excluding hydrogens is 486 g/mol. The lowest BCUT2D eigenvalue weighted by molar-refractivity contribution is -0.118. The number of fused-ring (bicyclic) bond motifs is 1. The largest absolute Gasteiger partial charge is 0.497 e. The topological polar surface area (TPSA) is 114 Å². The summed E-state index contributed by atoms with van der Waals surface area (Å²) in [6.07, 6.45) is 0. The summed E-state index contributed by atoms with van der Waals surface area (Å²) < 4.78 is 37.8. The predicted octanol–water partition coefficient (Wildman–Crippen LogP) is 3.02. The van der Waals surface area contributed by atoms with Crippen LogP contribution in [0.25, 0.3) is 0 Å². The molecule has 0 aromatic heterocycles. The average Bonchev–Trinajstić information content (AvgIpc) is 3.35. The summed E-state index contributed by atoms with van der Waals surface area (Å²) >= 11 is 0. The highest BCUT2D eigenvalue weighted by atomic mass is 33.1. The first-order chi connectivity index (χ1) is 15.7. The Labute approximate surface area is 199 Å². The molecule has 0 saturated carbocycles. The van der Waals surface area contributed by atoms with E-state index in [1.807, 2.05) is 17.1 Å². The molecule has 2 unspecified atom stereocenters. The van der Waals surface area contributed by atoms with E-state index in [9.17, 15) is 18.0 Å². The van der Waals surface area contributed by atoms with Gasteiger partial charge in [0.2, 0.25) is 0 Å². The van der Waals surface area contributed by atoms with Crippen LogP contribution < -0.4 is 24.4 Å². The number of carbonyl (C=O) groups is 2. The summed E-state index contributed by atoms with van der Waals surface area (Å²) in [5, 5.41) is 3.98. The van der Waals surface area contributed by atoms with Gasteiger partial charge in [0.05, 0.1) is 30.1 Å². The minimum atomic E-state index is -4.09. The molecule has 2 atom stereocenters. The van der Waals surface area contributed by atoms with Crippen molar-refractivity contribution >= 4 is 49.2 Å². The monoisotopic (exact) mass is 507 g/mol. The first-order valence-corrected chi connectivity index (χ1v) is 13.5. The van der Waals surface area contributed by atoms with Gasteiger partial charge in [-0.3, -0.25) is 9.69 Å². The normalized spacial score (nSPS) is 19.7. The van der Waals surface area contributed by atoms with Gasteiger partial charge in [-0.1, -0.05) is 39.3 Å². The minimum Gasteiger partial charge on any atom is -0.497 e. The van der Waals surface area contributed by atoms with Crippen LogP contribution in [0.4, 0.5) is 10.5 Å². The minimum absolute atomic E-state index is 0.0445. The van der Waals surface area contributed by atoms with Gasteiger partial charge in [-0.15, -0.1) is 0 Å². The maximum Gasteiger partial charge on any atom is 0.329 e. The molecule has 1 fully saturated rings. The van der Waals surface area contributed by atoms with E-state index in [0.717, 1.165) is 5.56 Å². The summed E-state index contributed by atoms with van der Waals surface area (Å²) in [6.45, 7) is 1.83. The van der Waals surface area contributed by atoms with Crippen molar-refractivity contribution < 1.29 is 27.5 Å². The van der Waals surface area contributed by atoms with Crippen LogP contribution in [0.5, 0.6) is 11.5 Å². The standard InChI is InChI=1S/C21H21N3O6S3/c1-12-4-7-14(8-5-12)33(27,28)23-21(26)22-18-19-16(11-31-32-19)24(20(18)25)15-9-6-13(29-2)10-17(15)30-3/h4-11,18-19H,1-3H3,(H2,22,23,26). The second-order valence-electron chi connectivity index (χ2n) is 7.24. The third kappa shape index (κ3) is 4.50. The highest BCUT2D eigenvalue weighted by Crippen LogP contribution is 2.50. The van der Waals surface area contributed by atoms with Gasteiger partial charge in [-0.2, -0.15) is 0 Å². The molecule has 174 valence electrons. The zero-order valence-electron chi connectivity index (χ0n) is 17.9. The van der Waals surface area contributed by atoms with Crippen molar-refractivity contribution in [2.75, 3.05) is 19.1 Å². The Morgan fingerprint density at radius 3 is 2.48 bits per heavy atom. The smallest absolute Gasteiger partial charge is 0.329 e. The number of sulfonamides is 1. The number of ether oxygens (including phenoxy) is 2. The third-order valence-corrected chi connectivity index (χ3v) is 8.90. The molecule has 0 spiro atoms. The number of urea groups is 1. The second-order valence-corrected chi connectivity index (χ2v) is 11.2. The Kier molecular flexibility index (Phi) is 6.50. The Hall–Kier alpha value is -2.83. The Morgan fingerprint density at radius 2 is 1.82 bits per heavy atom. The average molecular weight is 508 g/mol. The van der Waals surface area contributed by atoms with Crippen LogP contribution in [0.3, 0.4) is 0 Å². The number of aryl methyl sites for hydroxylation is 1. The van der Waals surface area contributed by atoms with Gasteiger partial charge in [0.15, 0.2) is 0 Å². The highest BCUT2D eigenvalue weighted by Gasteiger charge is 2.49. The van der Waals surface area contributed by atoms with Crippen LogP contribution in [0.2, 0.25) is 0 Å². The number of anilines is 1. The van der Waals surface area contributed by atoms with Crippen molar-refractivity contribution in [1.82, 2.24) is 10.0 Å². The van der Waals surface area contributed by atoms with Crippen molar-refractivity contribution in [2.24, 2.45) is 0 Å².